The summed E-state index contributed by atoms with van der Waals surface area (Å²) in [6.07, 6.45) is 1.59. The first kappa shape index (κ1) is 12.9. The van der Waals surface area contributed by atoms with Gasteiger partial charge in [0.15, 0.2) is 11.2 Å². The number of pyridine rings is 1. The van der Waals surface area contributed by atoms with E-state index < -0.39 is 5.76 Å². The molecule has 2 heterocycles. The average Bonchev–Trinajstić information content (AvgIpc) is 2.83. The van der Waals surface area contributed by atoms with Crippen molar-refractivity contribution in [2.45, 2.75) is 6.54 Å². The second-order valence-electron chi connectivity index (χ2n) is 4.42. The molecule has 0 radical (unpaired) electrons. The van der Waals surface area contributed by atoms with Crippen molar-refractivity contribution in [2.24, 2.45) is 0 Å². The van der Waals surface area contributed by atoms with E-state index in [9.17, 15) is 4.79 Å². The minimum Gasteiger partial charge on any atom is -0.496 e. The zero-order valence-corrected chi connectivity index (χ0v) is 11.2. The number of hydrogen-bond acceptors (Lipinski definition) is 5. The highest BCUT2D eigenvalue weighted by Crippen LogP contribution is 2.21. The maximum atomic E-state index is 11.9. The summed E-state index contributed by atoms with van der Waals surface area (Å²) in [6.45, 7) is 0.224. The van der Waals surface area contributed by atoms with Crippen molar-refractivity contribution in [3.8, 4) is 11.8 Å². The van der Waals surface area contributed by atoms with Crippen LogP contribution in [0.25, 0.3) is 11.2 Å². The summed E-state index contributed by atoms with van der Waals surface area (Å²) in [6, 6.07) is 10.5. The number of methoxy groups -OCH3 is 1. The molecule has 104 valence electrons. The van der Waals surface area contributed by atoms with Gasteiger partial charge in [-0.2, -0.15) is 5.26 Å². The second kappa shape index (κ2) is 5.13. The van der Waals surface area contributed by atoms with Crippen molar-refractivity contribution in [3.05, 3.63) is 58.2 Å². The summed E-state index contributed by atoms with van der Waals surface area (Å²) in [5.41, 5.74) is 2.11. The highest BCUT2D eigenvalue weighted by molar-refractivity contribution is 5.67. The number of nitrogens with zero attached hydrogens (tertiary/aromatic N) is 3. The molecule has 0 unspecified atom stereocenters. The van der Waals surface area contributed by atoms with Gasteiger partial charge in [-0.1, -0.05) is 0 Å². The second-order valence-corrected chi connectivity index (χ2v) is 4.42. The molecule has 0 bridgehead atoms. The molecule has 2 aromatic heterocycles. The van der Waals surface area contributed by atoms with E-state index in [1.165, 1.54) is 4.57 Å². The van der Waals surface area contributed by atoms with Crippen LogP contribution in [0.2, 0.25) is 0 Å². The van der Waals surface area contributed by atoms with E-state index in [2.05, 4.69) is 11.1 Å². The summed E-state index contributed by atoms with van der Waals surface area (Å²) in [7, 11) is 1.54. The molecule has 0 N–H and O–H groups in total. The van der Waals surface area contributed by atoms with Gasteiger partial charge in [-0.25, -0.2) is 9.78 Å². The number of hydrogen-bond donors (Lipinski definition) is 0. The van der Waals surface area contributed by atoms with Gasteiger partial charge in [0.25, 0.3) is 0 Å². The highest BCUT2D eigenvalue weighted by atomic mass is 16.5. The predicted octanol–water partition coefficient (Wildman–Crippen LogP) is 1.92. The Morgan fingerprint density at radius 2 is 2.29 bits per heavy atom. The maximum absolute atomic E-state index is 11.9. The molecule has 6 nitrogen and oxygen atoms in total. The first-order chi connectivity index (χ1) is 10.2. The van der Waals surface area contributed by atoms with Gasteiger partial charge in [-0.15, -0.1) is 0 Å². The van der Waals surface area contributed by atoms with E-state index >= 15 is 0 Å². The molecule has 0 saturated heterocycles. The molecule has 0 atom stereocenters. The molecule has 0 aliphatic rings. The molecule has 0 aliphatic carbocycles. The van der Waals surface area contributed by atoms with Crippen LogP contribution in [0.15, 0.2) is 45.7 Å². The largest absolute Gasteiger partial charge is 0.496 e. The molecule has 0 amide bonds. The van der Waals surface area contributed by atoms with E-state index in [4.69, 9.17) is 14.4 Å². The molecular formula is C15H11N3O3. The zero-order chi connectivity index (χ0) is 14.8. The predicted molar refractivity (Wildman–Crippen MR) is 75.1 cm³/mol. The van der Waals surface area contributed by atoms with Gasteiger partial charge >= 0.3 is 5.76 Å². The molecule has 3 rings (SSSR count). The fourth-order valence-electron chi connectivity index (χ4n) is 2.18. The normalized spacial score (nSPS) is 10.5. The monoisotopic (exact) mass is 281 g/mol. The van der Waals surface area contributed by atoms with E-state index in [0.717, 1.165) is 0 Å². The SMILES string of the molecule is COc1ccc(C#N)cc1Cn1c(=O)oc2cccnc21. The van der Waals surface area contributed by atoms with Crippen LogP contribution in [0.1, 0.15) is 11.1 Å². The molecule has 6 heteroatoms. The lowest BCUT2D eigenvalue weighted by Crippen LogP contribution is -2.16. The van der Waals surface area contributed by atoms with Gasteiger partial charge in [0.05, 0.1) is 25.3 Å². The number of fused-ring (bicyclic) bond motifs is 1. The lowest BCUT2D eigenvalue weighted by molar-refractivity contribution is 0.407. The molecule has 0 spiro atoms. The van der Waals surface area contributed by atoms with Gasteiger partial charge in [-0.05, 0) is 30.3 Å². The van der Waals surface area contributed by atoms with Crippen molar-refractivity contribution in [2.75, 3.05) is 7.11 Å². The maximum Gasteiger partial charge on any atom is 0.421 e. The summed E-state index contributed by atoms with van der Waals surface area (Å²) >= 11 is 0. The standard InChI is InChI=1S/C15H11N3O3/c1-20-12-5-4-10(8-16)7-11(12)9-18-14-13(21-15(18)19)3-2-6-17-14/h2-7H,9H2,1H3. The van der Waals surface area contributed by atoms with E-state index in [-0.39, 0.29) is 6.54 Å². The van der Waals surface area contributed by atoms with E-state index in [1.54, 1.807) is 43.6 Å². The first-order valence-corrected chi connectivity index (χ1v) is 6.24. The summed E-state index contributed by atoms with van der Waals surface area (Å²) in [5, 5.41) is 8.99. The Bertz CT molecular complexity index is 902. The molecule has 0 saturated carbocycles. The van der Waals surface area contributed by atoms with Crippen LogP contribution >= 0.6 is 0 Å². The third kappa shape index (κ3) is 2.25. The summed E-state index contributed by atoms with van der Waals surface area (Å²) in [5.74, 6) is 0.110. The topological polar surface area (TPSA) is 81.0 Å². The number of ether oxygens (including phenoxy) is 1. The number of oxazole rings is 1. The Morgan fingerprint density at radius 3 is 3.05 bits per heavy atom. The van der Waals surface area contributed by atoms with Crippen LogP contribution in [0, 0.1) is 11.3 Å². The third-order valence-corrected chi connectivity index (χ3v) is 3.16. The van der Waals surface area contributed by atoms with Crippen LogP contribution in [0.4, 0.5) is 0 Å². The van der Waals surface area contributed by atoms with E-state index in [1.807, 2.05) is 0 Å². The van der Waals surface area contributed by atoms with Crippen LogP contribution in [0.5, 0.6) is 5.75 Å². The Morgan fingerprint density at radius 1 is 1.43 bits per heavy atom. The Kier molecular flexibility index (Phi) is 3.16. The molecular weight excluding hydrogens is 270 g/mol. The van der Waals surface area contributed by atoms with Gasteiger partial charge in [0, 0.05) is 11.8 Å². The lowest BCUT2D eigenvalue weighted by atomic mass is 10.1. The fraction of sp³-hybridized carbons (Fsp3) is 0.133. The first-order valence-electron chi connectivity index (χ1n) is 6.24. The number of benzene rings is 1. The van der Waals surface area contributed by atoms with Gasteiger partial charge in [0.1, 0.15) is 5.75 Å². The lowest BCUT2D eigenvalue weighted by Gasteiger charge is -2.08. The quantitative estimate of drug-likeness (QED) is 0.732. The van der Waals surface area contributed by atoms with Gasteiger partial charge < -0.3 is 9.15 Å². The summed E-state index contributed by atoms with van der Waals surface area (Å²) in [4.78, 5) is 16.1. The van der Waals surface area contributed by atoms with Crippen molar-refractivity contribution in [3.63, 3.8) is 0 Å². The Labute approximate surface area is 119 Å². The van der Waals surface area contributed by atoms with Crippen molar-refractivity contribution < 1.29 is 9.15 Å². The minimum absolute atomic E-state index is 0.224. The smallest absolute Gasteiger partial charge is 0.421 e. The Balaban J connectivity index is 2.13. The van der Waals surface area contributed by atoms with Crippen molar-refractivity contribution in [1.29, 1.82) is 5.26 Å². The number of aromatic nitrogens is 2. The third-order valence-electron chi connectivity index (χ3n) is 3.16. The number of rotatable bonds is 3. The Hall–Kier alpha value is -3.07. The highest BCUT2D eigenvalue weighted by Gasteiger charge is 2.13. The molecule has 0 fully saturated rings. The van der Waals surface area contributed by atoms with E-state index in [0.29, 0.717) is 28.1 Å². The molecule has 1 aromatic carbocycles. The van der Waals surface area contributed by atoms with Crippen molar-refractivity contribution in [1.82, 2.24) is 9.55 Å². The molecule has 3 aromatic rings. The number of nitriles is 1. The van der Waals surface area contributed by atoms with Crippen LogP contribution in [0.3, 0.4) is 0 Å². The van der Waals surface area contributed by atoms with Crippen molar-refractivity contribution >= 4 is 11.2 Å². The molecule has 0 aliphatic heterocycles. The average molecular weight is 281 g/mol. The van der Waals surface area contributed by atoms with Crippen LogP contribution < -0.4 is 10.5 Å². The van der Waals surface area contributed by atoms with Gasteiger partial charge in [0.2, 0.25) is 0 Å². The van der Waals surface area contributed by atoms with Crippen LogP contribution in [-0.4, -0.2) is 16.7 Å². The molecule has 21 heavy (non-hydrogen) atoms. The van der Waals surface area contributed by atoms with Gasteiger partial charge in [-0.3, -0.25) is 4.57 Å². The zero-order valence-electron chi connectivity index (χ0n) is 11.2. The summed E-state index contributed by atoms with van der Waals surface area (Å²) < 4.78 is 11.8. The van der Waals surface area contributed by atoms with Crippen LogP contribution in [-0.2, 0) is 6.54 Å². The minimum atomic E-state index is -0.492. The fourth-order valence-corrected chi connectivity index (χ4v) is 2.18.